The number of hydrogen-bond donors (Lipinski definition) is 2. The van der Waals surface area contributed by atoms with Crippen LogP contribution in [0.5, 0.6) is 5.75 Å². The lowest BCUT2D eigenvalue weighted by molar-refractivity contribution is -0.143. The molecule has 0 saturated carbocycles. The van der Waals surface area contributed by atoms with Gasteiger partial charge in [0, 0.05) is 6.54 Å². The summed E-state index contributed by atoms with van der Waals surface area (Å²) in [7, 11) is 0. The molecular weight excluding hydrogens is 814 g/mol. The Balaban J connectivity index is 1.66. The van der Waals surface area contributed by atoms with Crippen LogP contribution in [0.15, 0.2) is 24.3 Å². The highest BCUT2D eigenvalue weighted by molar-refractivity contribution is 5.77. The van der Waals surface area contributed by atoms with Gasteiger partial charge in [-0.25, -0.2) is 4.79 Å². The largest absolute Gasteiger partial charge is 0.491 e. The Kier molecular flexibility index (Phi) is 44.4. The second kappa shape index (κ2) is 47.9. The number of unbranched alkanes of at least 4 members (excludes halogenated alkanes) is 5. The molecule has 0 spiro atoms. The molecule has 362 valence electrons. The molecule has 0 fully saturated rings. The van der Waals surface area contributed by atoms with Crippen molar-refractivity contribution in [3.8, 4) is 5.75 Å². The lowest BCUT2D eigenvalue weighted by Gasteiger charge is -2.09. The predicted molar refractivity (Wildman–Crippen MR) is 230 cm³/mol. The second-order valence-corrected chi connectivity index (χ2v) is 13.6. The number of aliphatic carboxylic acids is 1. The van der Waals surface area contributed by atoms with Gasteiger partial charge < -0.3 is 76.7 Å². The number of amides is 1. The van der Waals surface area contributed by atoms with Crippen molar-refractivity contribution < 1.29 is 81.0 Å². The third kappa shape index (κ3) is 44.1. The number of carbonyl (C=O) groups excluding carboxylic acids is 1. The first-order valence-corrected chi connectivity index (χ1v) is 22.3. The smallest absolute Gasteiger partial charge is 0.329 e. The van der Waals surface area contributed by atoms with Gasteiger partial charge in [0.05, 0.1) is 159 Å². The molecule has 1 rings (SSSR count). The number of benzene rings is 1. The van der Waals surface area contributed by atoms with Crippen molar-refractivity contribution in [3.05, 3.63) is 29.8 Å². The minimum atomic E-state index is -1.12. The van der Waals surface area contributed by atoms with Crippen molar-refractivity contribution in [3.63, 3.8) is 0 Å². The molecule has 0 radical (unpaired) electrons. The summed E-state index contributed by atoms with van der Waals surface area (Å²) in [5.41, 5.74) is 1.37. The van der Waals surface area contributed by atoms with Crippen LogP contribution in [0.25, 0.3) is 0 Å². The molecule has 0 aliphatic heterocycles. The fraction of sp³-hybridized carbons (Fsp3) is 0.818. The zero-order valence-corrected chi connectivity index (χ0v) is 37.5. The summed E-state index contributed by atoms with van der Waals surface area (Å²) in [6, 6.07) is 8.41. The maximum Gasteiger partial charge on any atom is 0.329 e. The zero-order valence-electron chi connectivity index (χ0n) is 37.5. The maximum atomic E-state index is 11.4. The minimum Gasteiger partial charge on any atom is -0.491 e. The Morgan fingerprint density at radius 3 is 1.13 bits per heavy atom. The van der Waals surface area contributed by atoms with Crippen LogP contribution in [0.2, 0.25) is 0 Å². The molecule has 0 bridgehead atoms. The highest BCUT2D eigenvalue weighted by Gasteiger charge is 2.04. The average molecular weight is 894 g/mol. The third-order valence-electron chi connectivity index (χ3n) is 8.36. The van der Waals surface area contributed by atoms with Crippen molar-refractivity contribution in [1.82, 2.24) is 5.32 Å². The molecular formula is C44H79NO17. The lowest BCUT2D eigenvalue weighted by atomic mass is 10.0. The topological polar surface area (TPSA) is 196 Å². The van der Waals surface area contributed by atoms with E-state index in [0.717, 1.165) is 12.2 Å². The Hall–Kier alpha value is -2.56. The van der Waals surface area contributed by atoms with Crippen LogP contribution in [-0.2, 0) is 77.6 Å². The summed E-state index contributed by atoms with van der Waals surface area (Å²) in [4.78, 5) is 21.7. The highest BCUT2D eigenvalue weighted by Crippen LogP contribution is 2.15. The standard InChI is InChI=1S/C44H79NO17/c1-2-3-4-5-6-7-8-41-9-11-42(12-10-41)62-38-37-60-36-35-59-34-33-58-32-31-57-30-29-56-28-27-55-26-25-54-24-23-53-22-21-52-20-19-51-18-17-50-16-15-49-14-13-45-43(46)39-61-40-44(47)48/h9-12H,2-8,13-40H2,1H3,(H,45,46)(H,47,48). The summed E-state index contributed by atoms with van der Waals surface area (Å²) in [5.74, 6) is -0.647. The molecule has 18 nitrogen and oxygen atoms in total. The quantitative estimate of drug-likeness (QED) is 0.0903. The molecule has 18 heteroatoms. The van der Waals surface area contributed by atoms with Gasteiger partial charge in [0.25, 0.3) is 0 Å². The number of carboxylic acids is 1. The van der Waals surface area contributed by atoms with Crippen molar-refractivity contribution in [2.45, 2.75) is 51.9 Å². The highest BCUT2D eigenvalue weighted by atomic mass is 16.6. The van der Waals surface area contributed by atoms with E-state index in [0.29, 0.717) is 172 Å². The summed E-state index contributed by atoms with van der Waals surface area (Å²) in [5, 5.41) is 11.0. The van der Waals surface area contributed by atoms with Gasteiger partial charge in [0.15, 0.2) is 0 Å². The van der Waals surface area contributed by atoms with Crippen molar-refractivity contribution in [2.24, 2.45) is 0 Å². The monoisotopic (exact) mass is 894 g/mol. The van der Waals surface area contributed by atoms with Gasteiger partial charge in [0.2, 0.25) is 5.91 Å². The molecule has 1 aromatic carbocycles. The predicted octanol–water partition coefficient (Wildman–Crippen LogP) is 3.39. The molecule has 1 amide bonds. The van der Waals surface area contributed by atoms with Gasteiger partial charge in [-0.1, -0.05) is 51.2 Å². The van der Waals surface area contributed by atoms with Gasteiger partial charge >= 0.3 is 5.97 Å². The molecule has 62 heavy (non-hydrogen) atoms. The van der Waals surface area contributed by atoms with Crippen molar-refractivity contribution in [1.29, 1.82) is 0 Å². The molecule has 0 aliphatic rings. The maximum absolute atomic E-state index is 11.4. The molecule has 0 heterocycles. The van der Waals surface area contributed by atoms with E-state index >= 15 is 0 Å². The van der Waals surface area contributed by atoms with E-state index in [2.05, 4.69) is 29.1 Å². The average Bonchev–Trinajstić information content (AvgIpc) is 3.27. The van der Waals surface area contributed by atoms with Gasteiger partial charge in [-0.15, -0.1) is 0 Å². The third-order valence-corrected chi connectivity index (χ3v) is 8.36. The molecule has 0 saturated heterocycles. The fourth-order valence-electron chi connectivity index (χ4n) is 5.15. The molecule has 0 atom stereocenters. The van der Waals surface area contributed by atoms with E-state index in [4.69, 9.17) is 66.7 Å². The lowest BCUT2D eigenvalue weighted by Crippen LogP contribution is -2.31. The SMILES string of the molecule is CCCCCCCCc1ccc(OCCOCCOCCOCCOCCOCCOCCOCCOCCOCCOCCOCCOCCNC(=O)COCC(=O)O)cc1. The van der Waals surface area contributed by atoms with Crippen LogP contribution in [0.3, 0.4) is 0 Å². The van der Waals surface area contributed by atoms with Gasteiger partial charge in [-0.2, -0.15) is 0 Å². The Bertz CT molecular complexity index is 1090. The van der Waals surface area contributed by atoms with Gasteiger partial charge in [0.1, 0.15) is 25.6 Å². The first kappa shape index (κ1) is 57.5. The van der Waals surface area contributed by atoms with Crippen LogP contribution in [0.1, 0.15) is 51.0 Å². The Morgan fingerprint density at radius 2 is 0.758 bits per heavy atom. The van der Waals surface area contributed by atoms with Gasteiger partial charge in [-0.05, 0) is 30.5 Å². The van der Waals surface area contributed by atoms with Crippen molar-refractivity contribution in [2.75, 3.05) is 185 Å². The molecule has 1 aromatic rings. The summed E-state index contributed by atoms with van der Waals surface area (Å²) in [6.45, 7) is 13.5. The van der Waals surface area contributed by atoms with E-state index in [1.807, 2.05) is 12.1 Å². The van der Waals surface area contributed by atoms with Gasteiger partial charge in [-0.3, -0.25) is 4.79 Å². The number of aryl methyl sites for hydroxylation is 1. The zero-order chi connectivity index (χ0) is 44.5. The molecule has 2 N–H and O–H groups in total. The summed E-state index contributed by atoms with van der Waals surface area (Å²) >= 11 is 0. The number of carboxylic acid groups (broad SMARTS) is 1. The van der Waals surface area contributed by atoms with Crippen LogP contribution in [0.4, 0.5) is 0 Å². The molecule has 0 aromatic heterocycles. The number of rotatable bonds is 51. The van der Waals surface area contributed by atoms with Crippen LogP contribution in [-0.4, -0.2) is 202 Å². The second-order valence-electron chi connectivity index (χ2n) is 13.6. The first-order chi connectivity index (χ1) is 30.6. The molecule has 0 unspecified atom stereocenters. The van der Waals surface area contributed by atoms with E-state index < -0.39 is 18.5 Å². The summed E-state index contributed by atoms with van der Waals surface area (Å²) in [6.07, 6.45) is 9.04. The van der Waals surface area contributed by atoms with Crippen LogP contribution in [0, 0.1) is 0 Å². The van der Waals surface area contributed by atoms with E-state index in [9.17, 15) is 9.59 Å². The van der Waals surface area contributed by atoms with E-state index in [1.165, 1.54) is 44.1 Å². The van der Waals surface area contributed by atoms with E-state index in [1.54, 1.807) is 0 Å². The summed E-state index contributed by atoms with van der Waals surface area (Å²) < 4.78 is 76.3. The number of hydrogen-bond acceptors (Lipinski definition) is 16. The Morgan fingerprint density at radius 1 is 0.419 bits per heavy atom. The fourth-order valence-corrected chi connectivity index (χ4v) is 5.15. The normalized spacial score (nSPS) is 11.4. The number of nitrogens with one attached hydrogen (secondary N) is 1. The van der Waals surface area contributed by atoms with Crippen molar-refractivity contribution >= 4 is 11.9 Å². The Labute approximate surface area is 370 Å². The van der Waals surface area contributed by atoms with E-state index in [-0.39, 0.29) is 6.61 Å². The number of ether oxygens (including phenoxy) is 14. The van der Waals surface area contributed by atoms with Crippen LogP contribution < -0.4 is 10.1 Å². The van der Waals surface area contributed by atoms with Crippen LogP contribution >= 0.6 is 0 Å². The first-order valence-electron chi connectivity index (χ1n) is 22.3. The minimum absolute atomic E-state index is 0.297. The number of carbonyl (C=O) groups is 2. The molecule has 0 aliphatic carbocycles.